The topological polar surface area (TPSA) is 39.1 Å². The fraction of sp³-hybridized carbons (Fsp3) is 0.308. The zero-order valence-corrected chi connectivity index (χ0v) is 9.97. The molecule has 1 heterocycles. The lowest BCUT2D eigenvalue weighted by molar-refractivity contribution is 0.197. The van der Waals surface area contributed by atoms with Gasteiger partial charge in [-0.1, -0.05) is 18.2 Å². The molecular weight excluding hydrogens is 214 g/mol. The normalized spacial score (nSPS) is 10.4. The van der Waals surface area contributed by atoms with Crippen LogP contribution in [0.15, 0.2) is 42.7 Å². The molecule has 0 saturated heterocycles. The molecule has 0 spiro atoms. The number of rotatable bonds is 6. The SMILES string of the molecule is COCCCNc1nccn1-c1ccccc1. The summed E-state index contributed by atoms with van der Waals surface area (Å²) in [4.78, 5) is 4.30. The zero-order valence-electron chi connectivity index (χ0n) is 9.97. The Labute approximate surface area is 101 Å². The number of aromatic nitrogens is 2. The molecular formula is C13H17N3O. The van der Waals surface area contributed by atoms with Gasteiger partial charge in [-0.2, -0.15) is 0 Å². The van der Waals surface area contributed by atoms with Gasteiger partial charge in [-0.25, -0.2) is 4.98 Å². The van der Waals surface area contributed by atoms with Crippen molar-refractivity contribution in [1.29, 1.82) is 0 Å². The van der Waals surface area contributed by atoms with Gasteiger partial charge in [0, 0.05) is 38.3 Å². The molecule has 1 aromatic carbocycles. The van der Waals surface area contributed by atoms with Crippen LogP contribution in [-0.2, 0) is 4.74 Å². The highest BCUT2D eigenvalue weighted by Gasteiger charge is 2.02. The first kappa shape index (κ1) is 11.7. The van der Waals surface area contributed by atoms with Crippen molar-refractivity contribution in [3.8, 4) is 5.69 Å². The molecule has 0 aliphatic carbocycles. The van der Waals surface area contributed by atoms with E-state index in [-0.39, 0.29) is 0 Å². The number of ether oxygens (including phenoxy) is 1. The number of para-hydroxylation sites is 1. The van der Waals surface area contributed by atoms with Crippen LogP contribution in [0.25, 0.3) is 5.69 Å². The minimum Gasteiger partial charge on any atom is -0.385 e. The molecule has 0 amide bonds. The minimum atomic E-state index is 0.763. The fourth-order valence-electron chi connectivity index (χ4n) is 1.65. The molecule has 0 bridgehead atoms. The van der Waals surface area contributed by atoms with Crippen molar-refractivity contribution in [2.45, 2.75) is 6.42 Å². The van der Waals surface area contributed by atoms with Crippen LogP contribution in [0.5, 0.6) is 0 Å². The molecule has 17 heavy (non-hydrogen) atoms. The molecule has 1 aromatic heterocycles. The van der Waals surface area contributed by atoms with E-state index in [1.165, 1.54) is 0 Å². The Morgan fingerprint density at radius 3 is 2.88 bits per heavy atom. The smallest absolute Gasteiger partial charge is 0.207 e. The molecule has 0 unspecified atom stereocenters. The average Bonchev–Trinajstić information content (AvgIpc) is 2.84. The molecule has 1 N–H and O–H groups in total. The van der Waals surface area contributed by atoms with Gasteiger partial charge in [0.15, 0.2) is 0 Å². The number of nitrogens with zero attached hydrogens (tertiary/aromatic N) is 2. The van der Waals surface area contributed by atoms with Crippen LogP contribution >= 0.6 is 0 Å². The quantitative estimate of drug-likeness (QED) is 0.775. The zero-order chi connectivity index (χ0) is 11.9. The van der Waals surface area contributed by atoms with Crippen molar-refractivity contribution in [3.63, 3.8) is 0 Å². The first-order chi connectivity index (χ1) is 8.42. The summed E-state index contributed by atoms with van der Waals surface area (Å²) in [5, 5.41) is 3.30. The van der Waals surface area contributed by atoms with Crippen LogP contribution in [0.3, 0.4) is 0 Å². The van der Waals surface area contributed by atoms with Crippen molar-refractivity contribution in [3.05, 3.63) is 42.7 Å². The van der Waals surface area contributed by atoms with E-state index in [0.717, 1.165) is 31.2 Å². The van der Waals surface area contributed by atoms with Crippen LogP contribution < -0.4 is 5.32 Å². The Balaban J connectivity index is 2.02. The summed E-state index contributed by atoms with van der Waals surface area (Å²) < 4.78 is 7.04. The van der Waals surface area contributed by atoms with Crippen molar-refractivity contribution >= 4 is 5.95 Å². The second-order valence-corrected chi connectivity index (χ2v) is 3.73. The number of methoxy groups -OCH3 is 1. The molecule has 0 fully saturated rings. The maximum absolute atomic E-state index is 5.01. The van der Waals surface area contributed by atoms with Crippen molar-refractivity contribution in [2.24, 2.45) is 0 Å². The summed E-state index contributed by atoms with van der Waals surface area (Å²) in [6.45, 7) is 1.62. The Kier molecular flexibility index (Phi) is 4.16. The van der Waals surface area contributed by atoms with Gasteiger partial charge in [-0.3, -0.25) is 4.57 Å². The number of anilines is 1. The van der Waals surface area contributed by atoms with Crippen molar-refractivity contribution in [1.82, 2.24) is 9.55 Å². The van der Waals surface area contributed by atoms with Gasteiger partial charge in [0.1, 0.15) is 0 Å². The maximum atomic E-state index is 5.01. The van der Waals surface area contributed by atoms with E-state index in [0.29, 0.717) is 0 Å². The summed E-state index contributed by atoms with van der Waals surface area (Å²) in [5.41, 5.74) is 1.11. The molecule has 2 aromatic rings. The van der Waals surface area contributed by atoms with Gasteiger partial charge in [0.2, 0.25) is 5.95 Å². The molecule has 2 rings (SSSR count). The first-order valence-electron chi connectivity index (χ1n) is 5.73. The summed E-state index contributed by atoms with van der Waals surface area (Å²) in [5.74, 6) is 0.868. The average molecular weight is 231 g/mol. The highest BCUT2D eigenvalue weighted by molar-refractivity contribution is 5.41. The second-order valence-electron chi connectivity index (χ2n) is 3.73. The number of hydrogen-bond acceptors (Lipinski definition) is 3. The van der Waals surface area contributed by atoms with Gasteiger partial charge in [-0.05, 0) is 18.6 Å². The van der Waals surface area contributed by atoms with E-state index in [4.69, 9.17) is 4.74 Å². The van der Waals surface area contributed by atoms with E-state index < -0.39 is 0 Å². The highest BCUT2D eigenvalue weighted by Crippen LogP contribution is 2.13. The second kappa shape index (κ2) is 6.06. The molecule has 0 aliphatic heterocycles. The lowest BCUT2D eigenvalue weighted by Gasteiger charge is -2.09. The maximum Gasteiger partial charge on any atom is 0.207 e. The molecule has 4 heteroatoms. The number of hydrogen-bond donors (Lipinski definition) is 1. The minimum absolute atomic E-state index is 0.763. The van der Waals surface area contributed by atoms with Crippen LogP contribution in [-0.4, -0.2) is 29.8 Å². The van der Waals surface area contributed by atoms with Crippen molar-refractivity contribution < 1.29 is 4.74 Å². The largest absolute Gasteiger partial charge is 0.385 e. The van der Waals surface area contributed by atoms with E-state index in [2.05, 4.69) is 22.4 Å². The third-order valence-corrected chi connectivity index (χ3v) is 2.48. The predicted octanol–water partition coefficient (Wildman–Crippen LogP) is 2.32. The van der Waals surface area contributed by atoms with Gasteiger partial charge >= 0.3 is 0 Å². The Bertz CT molecular complexity index is 439. The molecule has 0 saturated carbocycles. The Morgan fingerprint density at radius 1 is 1.29 bits per heavy atom. The number of benzene rings is 1. The lowest BCUT2D eigenvalue weighted by atomic mass is 10.3. The van der Waals surface area contributed by atoms with Crippen LogP contribution in [0.1, 0.15) is 6.42 Å². The summed E-state index contributed by atoms with van der Waals surface area (Å²) >= 11 is 0. The number of imidazole rings is 1. The fourth-order valence-corrected chi connectivity index (χ4v) is 1.65. The molecule has 0 aliphatic rings. The summed E-state index contributed by atoms with van der Waals surface area (Å²) in [7, 11) is 1.71. The van der Waals surface area contributed by atoms with Crippen LogP contribution in [0, 0.1) is 0 Å². The first-order valence-corrected chi connectivity index (χ1v) is 5.73. The lowest BCUT2D eigenvalue weighted by Crippen LogP contribution is -2.09. The van der Waals surface area contributed by atoms with Gasteiger partial charge in [-0.15, -0.1) is 0 Å². The van der Waals surface area contributed by atoms with E-state index in [1.807, 2.05) is 29.0 Å². The monoisotopic (exact) mass is 231 g/mol. The Hall–Kier alpha value is -1.81. The van der Waals surface area contributed by atoms with Crippen LogP contribution in [0.2, 0.25) is 0 Å². The van der Waals surface area contributed by atoms with Gasteiger partial charge in [0.25, 0.3) is 0 Å². The molecule has 0 atom stereocenters. The Morgan fingerprint density at radius 2 is 2.12 bits per heavy atom. The standard InChI is InChI=1S/C13H17N3O/c1-17-11-5-8-14-13-15-9-10-16(13)12-6-3-2-4-7-12/h2-4,6-7,9-10H,5,8,11H2,1H3,(H,14,15). The predicted molar refractivity (Wildman–Crippen MR) is 68.5 cm³/mol. The van der Waals surface area contributed by atoms with Crippen LogP contribution in [0.4, 0.5) is 5.95 Å². The third-order valence-electron chi connectivity index (χ3n) is 2.48. The van der Waals surface area contributed by atoms with Crippen molar-refractivity contribution in [2.75, 3.05) is 25.6 Å². The van der Waals surface area contributed by atoms with Gasteiger partial charge in [0.05, 0.1) is 0 Å². The molecule has 4 nitrogen and oxygen atoms in total. The van der Waals surface area contributed by atoms with E-state index in [9.17, 15) is 0 Å². The summed E-state index contributed by atoms with van der Waals surface area (Å²) in [6.07, 6.45) is 4.72. The number of nitrogens with one attached hydrogen (secondary N) is 1. The van der Waals surface area contributed by atoms with Gasteiger partial charge < -0.3 is 10.1 Å². The van der Waals surface area contributed by atoms with E-state index in [1.54, 1.807) is 13.3 Å². The van der Waals surface area contributed by atoms with E-state index >= 15 is 0 Å². The highest BCUT2D eigenvalue weighted by atomic mass is 16.5. The summed E-state index contributed by atoms with van der Waals surface area (Å²) in [6, 6.07) is 10.2. The third kappa shape index (κ3) is 3.07. The molecule has 90 valence electrons. The molecule has 0 radical (unpaired) electrons.